The Bertz CT molecular complexity index is 935. The first-order chi connectivity index (χ1) is 15.4. The minimum Gasteiger partial charge on any atom is -0.494 e. The molecule has 1 atom stereocenters. The van der Waals surface area contributed by atoms with Crippen LogP contribution in [-0.2, 0) is 16.1 Å². The number of carbonyl (C=O) groups is 3. The van der Waals surface area contributed by atoms with E-state index in [0.717, 1.165) is 24.1 Å². The number of amides is 3. The summed E-state index contributed by atoms with van der Waals surface area (Å²) in [7, 11) is 0. The molecule has 1 aliphatic carbocycles. The lowest BCUT2D eigenvalue weighted by Gasteiger charge is -2.22. The molecule has 7 heteroatoms. The second kappa shape index (κ2) is 10.8. The highest BCUT2D eigenvalue weighted by Gasteiger charge is 2.29. The molecule has 7 nitrogen and oxygen atoms in total. The van der Waals surface area contributed by atoms with Gasteiger partial charge in [0.1, 0.15) is 11.8 Å². The predicted octanol–water partition coefficient (Wildman–Crippen LogP) is 3.50. The topological polar surface area (TPSA) is 96.5 Å². The van der Waals surface area contributed by atoms with E-state index >= 15 is 0 Å². The summed E-state index contributed by atoms with van der Waals surface area (Å²) in [6.45, 7) is 6.56. The van der Waals surface area contributed by atoms with E-state index in [2.05, 4.69) is 16.0 Å². The van der Waals surface area contributed by atoms with Gasteiger partial charge >= 0.3 is 0 Å². The Kier molecular flexibility index (Phi) is 7.87. The lowest BCUT2D eigenvalue weighted by molar-refractivity contribution is -0.124. The summed E-state index contributed by atoms with van der Waals surface area (Å²) >= 11 is 0. The molecule has 1 saturated carbocycles. The number of hydrogen-bond donors (Lipinski definition) is 3. The third-order valence-electron chi connectivity index (χ3n) is 5.30. The second-order valence-corrected chi connectivity index (χ2v) is 8.33. The number of ether oxygens (including phenoxy) is 1. The van der Waals surface area contributed by atoms with Gasteiger partial charge in [-0.1, -0.05) is 26.0 Å². The van der Waals surface area contributed by atoms with Crippen LogP contribution in [0.25, 0.3) is 0 Å². The maximum absolute atomic E-state index is 12.8. The molecule has 0 radical (unpaired) electrons. The summed E-state index contributed by atoms with van der Waals surface area (Å²) in [6.07, 6.45) is 1.92. The SMILES string of the molecule is CCOc1ccc(C(=O)NC(C(=O)NCc2ccc(NC(=O)C3CC3)cc2)C(C)C)cc1. The normalized spacial score (nSPS) is 13.9. The van der Waals surface area contributed by atoms with Crippen LogP contribution in [0.3, 0.4) is 0 Å². The zero-order chi connectivity index (χ0) is 23.1. The Morgan fingerprint density at radius 2 is 1.66 bits per heavy atom. The molecule has 32 heavy (non-hydrogen) atoms. The van der Waals surface area contributed by atoms with Crippen molar-refractivity contribution in [3.05, 3.63) is 59.7 Å². The highest BCUT2D eigenvalue weighted by atomic mass is 16.5. The van der Waals surface area contributed by atoms with Crippen molar-refractivity contribution in [1.29, 1.82) is 0 Å². The maximum Gasteiger partial charge on any atom is 0.251 e. The van der Waals surface area contributed by atoms with Crippen LogP contribution in [0.1, 0.15) is 49.5 Å². The first-order valence-corrected chi connectivity index (χ1v) is 11.1. The van der Waals surface area contributed by atoms with Gasteiger partial charge in [-0.3, -0.25) is 14.4 Å². The van der Waals surface area contributed by atoms with Crippen molar-refractivity contribution in [3.8, 4) is 5.75 Å². The molecular formula is C25H31N3O4. The highest BCUT2D eigenvalue weighted by Crippen LogP contribution is 2.30. The number of rotatable bonds is 10. The van der Waals surface area contributed by atoms with E-state index in [4.69, 9.17) is 4.74 Å². The van der Waals surface area contributed by atoms with E-state index < -0.39 is 6.04 Å². The fourth-order valence-corrected chi connectivity index (χ4v) is 3.22. The number of benzene rings is 2. The first kappa shape index (κ1) is 23.3. The Morgan fingerprint density at radius 3 is 2.22 bits per heavy atom. The third kappa shape index (κ3) is 6.57. The van der Waals surface area contributed by atoms with Crippen molar-refractivity contribution in [2.75, 3.05) is 11.9 Å². The molecule has 3 rings (SSSR count). The number of anilines is 1. The molecule has 1 fully saturated rings. The minimum absolute atomic E-state index is 0.0640. The molecule has 0 spiro atoms. The van der Waals surface area contributed by atoms with Gasteiger partial charge < -0.3 is 20.7 Å². The smallest absolute Gasteiger partial charge is 0.251 e. The molecule has 0 aliphatic heterocycles. The molecular weight excluding hydrogens is 406 g/mol. The molecule has 0 aromatic heterocycles. The lowest BCUT2D eigenvalue weighted by atomic mass is 10.0. The van der Waals surface area contributed by atoms with E-state index in [-0.39, 0.29) is 29.6 Å². The summed E-state index contributed by atoms with van der Waals surface area (Å²) in [4.78, 5) is 37.2. The standard InChI is InChI=1S/C25H31N3O4/c1-4-32-21-13-9-19(10-14-21)24(30)28-22(16(2)3)25(31)26-15-17-5-11-20(12-6-17)27-23(29)18-7-8-18/h5-6,9-14,16,18,22H,4,7-8,15H2,1-3H3,(H,26,31)(H,27,29)(H,28,30). The van der Waals surface area contributed by atoms with Crippen molar-refractivity contribution in [1.82, 2.24) is 10.6 Å². The van der Waals surface area contributed by atoms with Gasteiger partial charge in [-0.2, -0.15) is 0 Å². The Morgan fingerprint density at radius 1 is 1.00 bits per heavy atom. The Balaban J connectivity index is 1.52. The fourth-order valence-electron chi connectivity index (χ4n) is 3.22. The van der Waals surface area contributed by atoms with Crippen LogP contribution in [0.2, 0.25) is 0 Å². The highest BCUT2D eigenvalue weighted by molar-refractivity contribution is 5.97. The van der Waals surface area contributed by atoms with Gasteiger partial charge in [0.25, 0.3) is 5.91 Å². The lowest BCUT2D eigenvalue weighted by Crippen LogP contribution is -2.49. The van der Waals surface area contributed by atoms with E-state index in [9.17, 15) is 14.4 Å². The van der Waals surface area contributed by atoms with E-state index in [1.807, 2.05) is 45.0 Å². The van der Waals surface area contributed by atoms with Crippen molar-refractivity contribution >= 4 is 23.4 Å². The van der Waals surface area contributed by atoms with Crippen LogP contribution in [0, 0.1) is 11.8 Å². The van der Waals surface area contributed by atoms with Crippen molar-refractivity contribution in [3.63, 3.8) is 0 Å². The van der Waals surface area contributed by atoms with E-state index in [1.165, 1.54) is 0 Å². The quantitative estimate of drug-likeness (QED) is 0.530. The van der Waals surface area contributed by atoms with Gasteiger partial charge in [0.15, 0.2) is 0 Å². The van der Waals surface area contributed by atoms with Crippen LogP contribution in [0.15, 0.2) is 48.5 Å². The van der Waals surface area contributed by atoms with Gasteiger partial charge in [-0.25, -0.2) is 0 Å². The number of carbonyl (C=O) groups excluding carboxylic acids is 3. The molecule has 1 unspecified atom stereocenters. The molecule has 0 bridgehead atoms. The summed E-state index contributed by atoms with van der Waals surface area (Å²) in [5.41, 5.74) is 2.12. The van der Waals surface area contributed by atoms with Crippen LogP contribution in [0.4, 0.5) is 5.69 Å². The molecule has 3 amide bonds. The Labute approximate surface area is 188 Å². The summed E-state index contributed by atoms with van der Waals surface area (Å²) in [5.74, 6) is 0.277. The summed E-state index contributed by atoms with van der Waals surface area (Å²) < 4.78 is 5.39. The van der Waals surface area contributed by atoms with E-state index in [1.54, 1.807) is 24.3 Å². The maximum atomic E-state index is 12.8. The molecule has 0 saturated heterocycles. The van der Waals surface area contributed by atoms with Crippen molar-refractivity contribution in [2.24, 2.45) is 11.8 Å². The predicted molar refractivity (Wildman–Crippen MR) is 123 cm³/mol. The number of nitrogens with one attached hydrogen (secondary N) is 3. The van der Waals surface area contributed by atoms with Crippen LogP contribution in [0.5, 0.6) is 5.75 Å². The minimum atomic E-state index is -0.661. The van der Waals surface area contributed by atoms with Gasteiger partial charge in [0.2, 0.25) is 11.8 Å². The second-order valence-electron chi connectivity index (χ2n) is 8.33. The van der Waals surface area contributed by atoms with Crippen molar-refractivity contribution < 1.29 is 19.1 Å². The third-order valence-corrected chi connectivity index (χ3v) is 5.30. The monoisotopic (exact) mass is 437 g/mol. The van der Waals surface area contributed by atoms with Gasteiger partial charge in [-0.15, -0.1) is 0 Å². The summed E-state index contributed by atoms with van der Waals surface area (Å²) in [6, 6.07) is 13.6. The molecule has 1 aliphatic rings. The molecule has 0 heterocycles. The van der Waals surface area contributed by atoms with Crippen LogP contribution < -0.4 is 20.7 Å². The zero-order valence-electron chi connectivity index (χ0n) is 18.8. The zero-order valence-corrected chi connectivity index (χ0v) is 18.8. The summed E-state index contributed by atoms with van der Waals surface area (Å²) in [5, 5.41) is 8.61. The molecule has 2 aromatic carbocycles. The average molecular weight is 438 g/mol. The fraction of sp³-hybridized carbons (Fsp3) is 0.400. The molecule has 3 N–H and O–H groups in total. The van der Waals surface area contributed by atoms with Crippen LogP contribution in [-0.4, -0.2) is 30.4 Å². The van der Waals surface area contributed by atoms with Gasteiger partial charge in [-0.05, 0) is 67.6 Å². The van der Waals surface area contributed by atoms with E-state index in [0.29, 0.717) is 24.5 Å². The molecule has 170 valence electrons. The van der Waals surface area contributed by atoms with Crippen molar-refractivity contribution in [2.45, 2.75) is 46.2 Å². The van der Waals surface area contributed by atoms with Gasteiger partial charge in [0.05, 0.1) is 6.61 Å². The van der Waals surface area contributed by atoms with Crippen LogP contribution >= 0.6 is 0 Å². The first-order valence-electron chi connectivity index (χ1n) is 11.1. The largest absolute Gasteiger partial charge is 0.494 e. The van der Waals surface area contributed by atoms with Gasteiger partial charge in [0, 0.05) is 23.7 Å². The molecule has 2 aromatic rings. The number of hydrogen-bond acceptors (Lipinski definition) is 4. The average Bonchev–Trinajstić information content (AvgIpc) is 3.63. The Hall–Kier alpha value is -3.35.